The van der Waals surface area contributed by atoms with Gasteiger partial charge in [0.1, 0.15) is 5.78 Å². The van der Waals surface area contributed by atoms with Gasteiger partial charge in [-0.3, -0.25) is 4.79 Å². The monoisotopic (exact) mass is 227 g/mol. The number of ketones is 1. The summed E-state index contributed by atoms with van der Waals surface area (Å²) in [6.45, 7) is 2.66. The molecule has 7 heteroatoms. The van der Waals surface area contributed by atoms with Gasteiger partial charge in [-0.25, -0.2) is 4.79 Å². The molecule has 0 aliphatic carbocycles. The van der Waals surface area contributed by atoms with Crippen molar-refractivity contribution >= 4 is 11.8 Å². The summed E-state index contributed by atoms with van der Waals surface area (Å²) >= 11 is 0. The van der Waals surface area contributed by atoms with E-state index in [4.69, 9.17) is 9.90 Å². The number of rotatable bonds is 1. The Balaban J connectivity index is 0.000000265. The second kappa shape index (κ2) is 5.69. The summed E-state index contributed by atoms with van der Waals surface area (Å²) in [4.78, 5) is 19.5. The van der Waals surface area contributed by atoms with Crippen molar-refractivity contribution < 1.29 is 27.9 Å². The first-order valence-corrected chi connectivity index (χ1v) is 4.29. The van der Waals surface area contributed by atoms with E-state index in [9.17, 15) is 18.0 Å². The number of carbonyl (C=O) groups excluding carboxylic acids is 1. The maximum Gasteiger partial charge on any atom is 0.490 e. The lowest BCUT2D eigenvalue weighted by atomic mass is 10.2. The molecule has 1 rings (SSSR count). The molecule has 0 aromatic rings. The third kappa shape index (κ3) is 6.05. The number of carboxylic acid groups (broad SMARTS) is 1. The molecule has 1 aliphatic rings. The molecule has 1 saturated heterocycles. The van der Waals surface area contributed by atoms with Crippen molar-refractivity contribution in [3.63, 3.8) is 0 Å². The van der Waals surface area contributed by atoms with Crippen molar-refractivity contribution in [3.8, 4) is 0 Å². The molecule has 88 valence electrons. The zero-order valence-corrected chi connectivity index (χ0v) is 8.10. The Labute approximate surface area is 84.5 Å². The van der Waals surface area contributed by atoms with E-state index in [2.05, 4.69) is 5.32 Å². The van der Waals surface area contributed by atoms with Gasteiger partial charge in [0.05, 0.1) is 6.04 Å². The van der Waals surface area contributed by atoms with E-state index < -0.39 is 12.1 Å². The highest BCUT2D eigenvalue weighted by molar-refractivity contribution is 5.81. The highest BCUT2D eigenvalue weighted by atomic mass is 19.4. The van der Waals surface area contributed by atoms with Gasteiger partial charge < -0.3 is 10.4 Å². The van der Waals surface area contributed by atoms with Crippen molar-refractivity contribution in [2.24, 2.45) is 0 Å². The molecule has 0 aromatic carbocycles. The normalized spacial score (nSPS) is 20.4. The van der Waals surface area contributed by atoms with Crippen molar-refractivity contribution in [1.29, 1.82) is 0 Å². The van der Waals surface area contributed by atoms with Crippen LogP contribution in [0.15, 0.2) is 0 Å². The molecule has 1 aliphatic heterocycles. The highest BCUT2D eigenvalue weighted by Crippen LogP contribution is 2.13. The van der Waals surface area contributed by atoms with Crippen LogP contribution in [0.2, 0.25) is 0 Å². The van der Waals surface area contributed by atoms with Crippen molar-refractivity contribution in [3.05, 3.63) is 0 Å². The number of carboxylic acids is 1. The molecule has 4 nitrogen and oxygen atoms in total. The van der Waals surface area contributed by atoms with Gasteiger partial charge in [-0.05, 0) is 26.3 Å². The van der Waals surface area contributed by atoms with Gasteiger partial charge in [0, 0.05) is 0 Å². The Hall–Kier alpha value is -1.11. The summed E-state index contributed by atoms with van der Waals surface area (Å²) < 4.78 is 31.7. The van der Waals surface area contributed by atoms with E-state index in [1.165, 1.54) is 0 Å². The first-order valence-electron chi connectivity index (χ1n) is 4.29. The topological polar surface area (TPSA) is 66.4 Å². The first-order chi connectivity index (χ1) is 6.75. The Morgan fingerprint density at radius 2 is 1.87 bits per heavy atom. The maximum atomic E-state index is 10.6. The first kappa shape index (κ1) is 13.9. The van der Waals surface area contributed by atoms with Gasteiger partial charge >= 0.3 is 12.1 Å². The van der Waals surface area contributed by atoms with Gasteiger partial charge in [0.15, 0.2) is 0 Å². The minimum Gasteiger partial charge on any atom is -0.475 e. The van der Waals surface area contributed by atoms with Crippen LogP contribution >= 0.6 is 0 Å². The second-order valence-electron chi connectivity index (χ2n) is 3.06. The lowest BCUT2D eigenvalue weighted by molar-refractivity contribution is -0.192. The number of aliphatic carboxylic acids is 1. The number of carbonyl (C=O) groups is 2. The predicted octanol–water partition coefficient (Wildman–Crippen LogP) is 0.961. The summed E-state index contributed by atoms with van der Waals surface area (Å²) in [6.07, 6.45) is -2.89. The molecule has 0 bridgehead atoms. The van der Waals surface area contributed by atoms with Crippen molar-refractivity contribution in [2.45, 2.75) is 32.0 Å². The van der Waals surface area contributed by atoms with Gasteiger partial charge in [0.25, 0.3) is 0 Å². The number of nitrogens with one attached hydrogen (secondary N) is 1. The fourth-order valence-electron chi connectivity index (χ4n) is 1.03. The number of halogens is 3. The molecule has 1 heterocycles. The molecule has 1 unspecified atom stereocenters. The molecule has 0 spiro atoms. The molecule has 2 N–H and O–H groups in total. The maximum absolute atomic E-state index is 10.6. The van der Waals surface area contributed by atoms with Crippen LogP contribution in [0.5, 0.6) is 0 Å². The Bertz CT molecular complexity index is 234. The molecule has 1 atom stereocenters. The SMILES string of the molecule is CC(=O)C1CCCN1.O=C(O)C(F)(F)F. The van der Waals surface area contributed by atoms with Crippen LogP contribution in [0, 0.1) is 0 Å². The minimum absolute atomic E-state index is 0.176. The third-order valence-corrected chi connectivity index (χ3v) is 1.79. The van der Waals surface area contributed by atoms with E-state index >= 15 is 0 Å². The summed E-state index contributed by atoms with van der Waals surface area (Å²) in [5.41, 5.74) is 0. The zero-order valence-electron chi connectivity index (χ0n) is 8.10. The van der Waals surface area contributed by atoms with E-state index in [1.807, 2.05) is 0 Å². The Kier molecular flexibility index (Phi) is 5.27. The number of hydrogen-bond donors (Lipinski definition) is 2. The van der Waals surface area contributed by atoms with E-state index in [-0.39, 0.29) is 11.8 Å². The average molecular weight is 227 g/mol. The molecule has 0 amide bonds. The number of hydrogen-bond acceptors (Lipinski definition) is 3. The van der Waals surface area contributed by atoms with Crippen molar-refractivity contribution in [2.75, 3.05) is 6.54 Å². The van der Waals surface area contributed by atoms with Crippen LogP contribution in [-0.2, 0) is 9.59 Å². The van der Waals surface area contributed by atoms with Gasteiger partial charge in [0.2, 0.25) is 0 Å². The minimum atomic E-state index is -5.08. The summed E-state index contributed by atoms with van der Waals surface area (Å²) in [6, 6.07) is 0.176. The quantitative estimate of drug-likeness (QED) is 0.700. The van der Waals surface area contributed by atoms with Crippen LogP contribution in [0.3, 0.4) is 0 Å². The van der Waals surface area contributed by atoms with Crippen LogP contribution in [0.25, 0.3) is 0 Å². The lowest BCUT2D eigenvalue weighted by Crippen LogP contribution is -2.28. The third-order valence-electron chi connectivity index (χ3n) is 1.79. The fraction of sp³-hybridized carbons (Fsp3) is 0.750. The predicted molar refractivity (Wildman–Crippen MR) is 45.4 cm³/mol. The van der Waals surface area contributed by atoms with Gasteiger partial charge in [-0.2, -0.15) is 13.2 Å². The number of Topliss-reactive ketones (excluding diaryl/α,β-unsaturated/α-hetero) is 1. The Morgan fingerprint density at radius 1 is 1.40 bits per heavy atom. The second-order valence-corrected chi connectivity index (χ2v) is 3.06. The number of alkyl halides is 3. The molecular formula is C8H12F3NO3. The van der Waals surface area contributed by atoms with Crippen molar-refractivity contribution in [1.82, 2.24) is 5.32 Å². The molecule has 1 fully saturated rings. The molecule has 0 saturated carbocycles. The summed E-state index contributed by atoms with van der Waals surface area (Å²) in [5.74, 6) is -2.48. The van der Waals surface area contributed by atoms with Crippen LogP contribution in [0.4, 0.5) is 13.2 Å². The van der Waals surface area contributed by atoms with Gasteiger partial charge in [-0.1, -0.05) is 0 Å². The van der Waals surface area contributed by atoms with E-state index in [0.717, 1.165) is 19.4 Å². The molecule has 0 aromatic heterocycles. The van der Waals surface area contributed by atoms with Crippen LogP contribution in [-0.4, -0.2) is 35.6 Å². The Morgan fingerprint density at radius 3 is 2.00 bits per heavy atom. The fourth-order valence-corrected chi connectivity index (χ4v) is 1.03. The standard InChI is InChI=1S/C6H11NO.C2HF3O2/c1-5(8)6-3-2-4-7-6;3-2(4,5)1(6)7/h6-7H,2-4H2,1H3;(H,6,7). The molecule has 15 heavy (non-hydrogen) atoms. The zero-order chi connectivity index (χ0) is 12.1. The van der Waals surface area contributed by atoms with Gasteiger partial charge in [-0.15, -0.1) is 0 Å². The molecule has 0 radical (unpaired) electrons. The smallest absolute Gasteiger partial charge is 0.475 e. The highest BCUT2D eigenvalue weighted by Gasteiger charge is 2.38. The van der Waals surface area contributed by atoms with E-state index in [1.54, 1.807) is 6.92 Å². The average Bonchev–Trinajstić information content (AvgIpc) is 2.54. The summed E-state index contributed by atoms with van der Waals surface area (Å²) in [7, 11) is 0. The van der Waals surface area contributed by atoms with Crippen LogP contribution in [0.1, 0.15) is 19.8 Å². The van der Waals surface area contributed by atoms with E-state index in [0.29, 0.717) is 0 Å². The van der Waals surface area contributed by atoms with Crippen LogP contribution < -0.4 is 5.32 Å². The largest absolute Gasteiger partial charge is 0.490 e. The lowest BCUT2D eigenvalue weighted by Gasteiger charge is -2.01. The summed E-state index contributed by atoms with van der Waals surface area (Å²) in [5, 5.41) is 10.2. The molecular weight excluding hydrogens is 215 g/mol.